The number of unbranched alkanes of at least 4 members (excludes halogenated alkanes) is 12. The zero-order valence-electron chi connectivity index (χ0n) is 34.1. The molecule has 4 atom stereocenters. The lowest BCUT2D eigenvalue weighted by molar-refractivity contribution is -0.142. The normalized spacial score (nSPS) is 13.0. The van der Waals surface area contributed by atoms with Crippen LogP contribution in [0.15, 0.2) is 54.6 Å². The van der Waals surface area contributed by atoms with Gasteiger partial charge in [-0.05, 0) is 42.5 Å². The largest absolute Gasteiger partial charge is 0.508 e. The molecular formula is C43H67N7O8. The lowest BCUT2D eigenvalue weighted by Crippen LogP contribution is -2.59. The molecule has 0 fully saturated rings. The third-order valence-electron chi connectivity index (χ3n) is 9.87. The Labute approximate surface area is 343 Å². The SMILES string of the molecule is CCCCCCCCCCCCCCCC(=O)N[C@@H](Cc1ccccc1)C(=O)N[C@@H](CO)C(=O)N[C@@H](CCCNC(=N)N)C(=O)N[C@@H](Cc1ccc(O)cc1)C(=O)O. The molecule has 4 amide bonds. The van der Waals surface area contributed by atoms with E-state index < -0.39 is 54.5 Å². The van der Waals surface area contributed by atoms with Gasteiger partial charge in [0.25, 0.3) is 0 Å². The van der Waals surface area contributed by atoms with Crippen molar-refractivity contribution < 1.29 is 39.3 Å². The van der Waals surface area contributed by atoms with E-state index in [1.807, 2.05) is 18.2 Å². The maximum absolute atomic E-state index is 13.6. The Hall–Kier alpha value is -5.18. The molecule has 0 aromatic heterocycles. The minimum atomic E-state index is -1.51. The smallest absolute Gasteiger partial charge is 0.326 e. The second-order valence-electron chi connectivity index (χ2n) is 14.9. The lowest BCUT2D eigenvalue weighted by atomic mass is 10.0. The average molecular weight is 810 g/mol. The van der Waals surface area contributed by atoms with Gasteiger partial charge in [0.1, 0.15) is 29.9 Å². The van der Waals surface area contributed by atoms with Gasteiger partial charge < -0.3 is 47.6 Å². The summed E-state index contributed by atoms with van der Waals surface area (Å²) < 4.78 is 0. The van der Waals surface area contributed by atoms with Crippen LogP contribution in [0.25, 0.3) is 0 Å². The van der Waals surface area contributed by atoms with Gasteiger partial charge in [0.05, 0.1) is 6.61 Å². The van der Waals surface area contributed by atoms with E-state index in [1.54, 1.807) is 12.1 Å². The van der Waals surface area contributed by atoms with Crippen LogP contribution in [0.3, 0.4) is 0 Å². The topological polar surface area (TPSA) is 256 Å². The van der Waals surface area contributed by atoms with Gasteiger partial charge >= 0.3 is 5.97 Å². The molecule has 0 spiro atoms. The first-order valence-corrected chi connectivity index (χ1v) is 20.9. The summed E-state index contributed by atoms with van der Waals surface area (Å²) in [4.78, 5) is 65.7. The number of amides is 4. The molecule has 2 rings (SSSR count). The van der Waals surface area contributed by atoms with E-state index in [0.29, 0.717) is 12.0 Å². The van der Waals surface area contributed by atoms with Gasteiger partial charge in [-0.1, -0.05) is 126 Å². The fourth-order valence-corrected chi connectivity index (χ4v) is 6.51. The molecule has 0 saturated carbocycles. The summed E-state index contributed by atoms with van der Waals surface area (Å²) in [7, 11) is 0. The zero-order valence-corrected chi connectivity index (χ0v) is 34.1. The third kappa shape index (κ3) is 21.4. The van der Waals surface area contributed by atoms with Crippen molar-refractivity contribution in [3.05, 3.63) is 65.7 Å². The minimum absolute atomic E-state index is 0.00840. The van der Waals surface area contributed by atoms with E-state index >= 15 is 0 Å². The Balaban J connectivity index is 2.01. The highest BCUT2D eigenvalue weighted by Crippen LogP contribution is 2.14. The molecule has 0 heterocycles. The van der Waals surface area contributed by atoms with Crippen LogP contribution in [-0.4, -0.2) is 88.2 Å². The molecule has 0 aliphatic carbocycles. The van der Waals surface area contributed by atoms with Crippen molar-refractivity contribution in [2.75, 3.05) is 13.2 Å². The zero-order chi connectivity index (χ0) is 42.5. The standard InChI is InChI=1S/C43H67N7O8/c1-2-3-4-5-6-7-8-9-10-11-12-13-17-22-38(53)47-35(28-31-19-15-14-16-20-31)40(55)50-37(30-51)41(56)48-34(21-18-27-46-43(44)45)39(54)49-36(42(57)58)29-32-23-25-33(52)26-24-32/h14-16,19-20,23-26,34-37,51-52H,2-13,17-18,21-22,27-30H2,1H3,(H,47,53)(H,48,56)(H,49,54)(H,50,55)(H,57,58)(H4,44,45,46)/t34-,35-,36-,37-/m0/s1. The Morgan fingerprint density at radius 2 is 1.10 bits per heavy atom. The number of aromatic hydroxyl groups is 1. The van der Waals surface area contributed by atoms with Crippen LogP contribution in [0, 0.1) is 5.41 Å². The van der Waals surface area contributed by atoms with Crippen molar-refractivity contribution in [1.29, 1.82) is 5.41 Å². The number of aliphatic hydroxyl groups excluding tert-OH is 1. The van der Waals surface area contributed by atoms with Crippen molar-refractivity contribution in [3.8, 4) is 5.75 Å². The number of hydrogen-bond donors (Lipinski definition) is 10. The number of carbonyl (C=O) groups excluding carboxylic acids is 4. The summed E-state index contributed by atoms with van der Waals surface area (Å²) in [6.07, 6.45) is 15.7. The number of hydrogen-bond acceptors (Lipinski definition) is 8. The fraction of sp³-hybridized carbons (Fsp3) is 0.581. The number of carboxylic acids is 1. The molecule has 2 aromatic carbocycles. The molecule has 15 heteroatoms. The van der Waals surface area contributed by atoms with E-state index in [9.17, 15) is 39.3 Å². The molecule has 0 unspecified atom stereocenters. The third-order valence-corrected chi connectivity index (χ3v) is 9.87. The van der Waals surface area contributed by atoms with Gasteiger partial charge in [0.2, 0.25) is 23.6 Å². The number of rotatable bonds is 31. The highest BCUT2D eigenvalue weighted by molar-refractivity contribution is 5.95. The highest BCUT2D eigenvalue weighted by atomic mass is 16.4. The molecule has 0 saturated heterocycles. The summed E-state index contributed by atoms with van der Waals surface area (Å²) in [6.45, 7) is 1.57. The van der Waals surface area contributed by atoms with Crippen LogP contribution in [0.2, 0.25) is 0 Å². The van der Waals surface area contributed by atoms with E-state index in [1.165, 1.54) is 82.1 Å². The number of aliphatic carboxylic acids is 1. The summed E-state index contributed by atoms with van der Waals surface area (Å²) in [5.74, 6) is -4.37. The molecule has 0 aliphatic heterocycles. The van der Waals surface area contributed by atoms with E-state index in [-0.39, 0.29) is 56.3 Å². The summed E-state index contributed by atoms with van der Waals surface area (Å²) >= 11 is 0. The fourth-order valence-electron chi connectivity index (χ4n) is 6.51. The van der Waals surface area contributed by atoms with Crippen molar-refractivity contribution in [1.82, 2.24) is 26.6 Å². The maximum atomic E-state index is 13.6. The minimum Gasteiger partial charge on any atom is -0.508 e. The van der Waals surface area contributed by atoms with Crippen LogP contribution in [-0.2, 0) is 36.8 Å². The molecule has 58 heavy (non-hydrogen) atoms. The lowest BCUT2D eigenvalue weighted by Gasteiger charge is -2.25. The number of carboxylic acid groups (broad SMARTS) is 1. The molecule has 15 nitrogen and oxygen atoms in total. The van der Waals surface area contributed by atoms with Gasteiger partial charge in [0, 0.05) is 25.8 Å². The van der Waals surface area contributed by atoms with E-state index in [4.69, 9.17) is 11.1 Å². The Morgan fingerprint density at radius 1 is 0.621 bits per heavy atom. The monoisotopic (exact) mass is 810 g/mol. The molecule has 0 bridgehead atoms. The molecule has 322 valence electrons. The second kappa shape index (κ2) is 29.1. The molecule has 2 aromatic rings. The predicted molar refractivity (Wildman–Crippen MR) is 224 cm³/mol. The molecule has 0 radical (unpaired) electrons. The van der Waals surface area contributed by atoms with Gasteiger partial charge in [-0.2, -0.15) is 0 Å². The van der Waals surface area contributed by atoms with Crippen molar-refractivity contribution in [2.45, 2.75) is 147 Å². The number of nitrogens with one attached hydrogen (secondary N) is 6. The second-order valence-corrected chi connectivity index (χ2v) is 14.9. The van der Waals surface area contributed by atoms with Crippen molar-refractivity contribution in [3.63, 3.8) is 0 Å². The first-order valence-electron chi connectivity index (χ1n) is 20.9. The van der Waals surface area contributed by atoms with Crippen LogP contribution < -0.4 is 32.3 Å². The number of phenolic OH excluding ortho intramolecular Hbond substituents is 1. The maximum Gasteiger partial charge on any atom is 0.326 e. The highest BCUT2D eigenvalue weighted by Gasteiger charge is 2.31. The Bertz CT molecular complexity index is 1530. The van der Waals surface area contributed by atoms with Crippen LogP contribution in [0.1, 0.15) is 121 Å². The number of carbonyl (C=O) groups is 5. The quantitative estimate of drug-likeness (QED) is 0.0298. The average Bonchev–Trinajstić information content (AvgIpc) is 3.20. The summed E-state index contributed by atoms with van der Waals surface area (Å²) in [5.41, 5.74) is 6.66. The van der Waals surface area contributed by atoms with Gasteiger partial charge in [-0.15, -0.1) is 0 Å². The van der Waals surface area contributed by atoms with E-state index in [2.05, 4.69) is 33.5 Å². The number of aliphatic hydroxyl groups is 1. The molecular weight excluding hydrogens is 743 g/mol. The van der Waals surface area contributed by atoms with Gasteiger partial charge in [-0.25, -0.2) is 4.79 Å². The predicted octanol–water partition coefficient (Wildman–Crippen LogP) is 3.94. The first kappa shape index (κ1) is 49.0. The number of guanidine groups is 1. The van der Waals surface area contributed by atoms with Crippen LogP contribution in [0.4, 0.5) is 0 Å². The van der Waals surface area contributed by atoms with Gasteiger partial charge in [-0.3, -0.25) is 24.6 Å². The van der Waals surface area contributed by atoms with Crippen LogP contribution in [0.5, 0.6) is 5.75 Å². The van der Waals surface area contributed by atoms with Crippen molar-refractivity contribution in [2.24, 2.45) is 5.73 Å². The summed E-state index contributed by atoms with van der Waals surface area (Å²) in [5, 5.41) is 49.9. The Kier molecular flexibility index (Phi) is 24.6. The summed E-state index contributed by atoms with van der Waals surface area (Å²) in [6, 6.07) is 9.62. The number of benzene rings is 2. The van der Waals surface area contributed by atoms with Crippen LogP contribution >= 0.6 is 0 Å². The number of nitrogens with two attached hydrogens (primary N) is 1. The van der Waals surface area contributed by atoms with Gasteiger partial charge in [0.15, 0.2) is 5.96 Å². The van der Waals surface area contributed by atoms with Crippen molar-refractivity contribution >= 4 is 35.6 Å². The Morgan fingerprint density at radius 3 is 1.66 bits per heavy atom. The first-order chi connectivity index (χ1) is 27.9. The number of phenols is 1. The molecule has 0 aliphatic rings. The molecule has 11 N–H and O–H groups in total. The van der Waals surface area contributed by atoms with E-state index in [0.717, 1.165) is 24.8 Å².